The summed E-state index contributed by atoms with van der Waals surface area (Å²) in [4.78, 5) is 21.6. The van der Waals surface area contributed by atoms with E-state index in [0.29, 0.717) is 17.4 Å². The minimum Gasteiger partial charge on any atom is -0.480 e. The van der Waals surface area contributed by atoms with Crippen LogP contribution in [0, 0.1) is 0 Å². The van der Waals surface area contributed by atoms with Gasteiger partial charge in [0.1, 0.15) is 17.4 Å². The van der Waals surface area contributed by atoms with Gasteiger partial charge < -0.3 is 14.8 Å². The predicted octanol–water partition coefficient (Wildman–Crippen LogP) is 2.73. The number of likely N-dealkylation sites (N-methyl/N-ethyl adjacent to an activating group) is 1. The molecule has 25 heavy (non-hydrogen) atoms. The number of aliphatic carboxylic acids is 1. The van der Waals surface area contributed by atoms with Crippen molar-refractivity contribution in [1.82, 2.24) is 14.9 Å². The third kappa shape index (κ3) is 2.91. The average Bonchev–Trinajstić information content (AvgIpc) is 2.95. The molecule has 2 heterocycles. The standard InChI is InChI=1S/C18H20N4O3/c1-2-22(9-15(23)24)12-7-11(8-12)21-18-17-16(19-10-20-18)13-5-3-4-6-14(13)25-17/h3-6,10-12H,2,7-9H2,1H3,(H,23,24)(H,19,20,21). The fraction of sp³-hybridized carbons (Fsp3) is 0.389. The van der Waals surface area contributed by atoms with Crippen LogP contribution >= 0.6 is 0 Å². The van der Waals surface area contributed by atoms with Crippen molar-refractivity contribution in [2.24, 2.45) is 0 Å². The molecule has 1 aromatic carbocycles. The quantitative estimate of drug-likeness (QED) is 0.713. The lowest BCUT2D eigenvalue weighted by Crippen LogP contribution is -2.51. The van der Waals surface area contributed by atoms with Crippen LogP contribution in [0.2, 0.25) is 0 Å². The Hall–Kier alpha value is -2.67. The molecular formula is C18H20N4O3. The Morgan fingerprint density at radius 3 is 2.92 bits per heavy atom. The van der Waals surface area contributed by atoms with Gasteiger partial charge >= 0.3 is 5.97 Å². The number of carboxylic acids is 1. The van der Waals surface area contributed by atoms with Crippen LogP contribution in [0.1, 0.15) is 19.8 Å². The molecule has 1 aliphatic carbocycles. The molecule has 2 N–H and O–H groups in total. The molecule has 0 radical (unpaired) electrons. The van der Waals surface area contributed by atoms with E-state index in [9.17, 15) is 4.79 Å². The highest BCUT2D eigenvalue weighted by Gasteiger charge is 2.34. The third-order valence-electron chi connectivity index (χ3n) is 4.87. The maximum Gasteiger partial charge on any atom is 0.317 e. The van der Waals surface area contributed by atoms with Crippen LogP contribution in [0.15, 0.2) is 35.0 Å². The highest BCUT2D eigenvalue weighted by Crippen LogP contribution is 2.33. The molecule has 7 nitrogen and oxygen atoms in total. The van der Waals surface area contributed by atoms with Gasteiger partial charge in [0.15, 0.2) is 11.4 Å². The molecular weight excluding hydrogens is 320 g/mol. The fourth-order valence-corrected chi connectivity index (χ4v) is 3.50. The lowest BCUT2D eigenvalue weighted by molar-refractivity contribution is -0.139. The van der Waals surface area contributed by atoms with Crippen molar-refractivity contribution < 1.29 is 14.3 Å². The number of benzene rings is 1. The summed E-state index contributed by atoms with van der Waals surface area (Å²) < 4.78 is 5.93. The largest absolute Gasteiger partial charge is 0.480 e. The number of rotatable bonds is 6. The normalized spacial score (nSPS) is 20.1. The van der Waals surface area contributed by atoms with Gasteiger partial charge in [0.05, 0.1) is 6.54 Å². The van der Waals surface area contributed by atoms with Crippen molar-refractivity contribution in [3.8, 4) is 0 Å². The smallest absolute Gasteiger partial charge is 0.317 e. The monoisotopic (exact) mass is 340 g/mol. The summed E-state index contributed by atoms with van der Waals surface area (Å²) in [5.41, 5.74) is 2.28. The molecule has 7 heteroatoms. The SMILES string of the molecule is CCN(CC(=O)O)C1CC(Nc2ncnc3c2oc2ccccc23)C1. The molecule has 2 aromatic heterocycles. The van der Waals surface area contributed by atoms with Crippen molar-refractivity contribution in [3.05, 3.63) is 30.6 Å². The first-order valence-corrected chi connectivity index (χ1v) is 8.50. The van der Waals surface area contributed by atoms with Crippen LogP contribution in [0.3, 0.4) is 0 Å². The van der Waals surface area contributed by atoms with Crippen LogP contribution in [0.5, 0.6) is 0 Å². The van der Waals surface area contributed by atoms with Gasteiger partial charge in [0.2, 0.25) is 0 Å². The van der Waals surface area contributed by atoms with Crippen LogP contribution in [-0.2, 0) is 4.79 Å². The molecule has 0 atom stereocenters. The summed E-state index contributed by atoms with van der Waals surface area (Å²) >= 11 is 0. The second kappa shape index (κ2) is 6.33. The number of hydrogen-bond donors (Lipinski definition) is 2. The Balaban J connectivity index is 1.50. The first-order chi connectivity index (χ1) is 12.2. The van der Waals surface area contributed by atoms with Gasteiger partial charge in [-0.1, -0.05) is 19.1 Å². The van der Waals surface area contributed by atoms with Gasteiger partial charge in [-0.25, -0.2) is 9.97 Å². The van der Waals surface area contributed by atoms with Crippen LogP contribution in [0.4, 0.5) is 5.82 Å². The van der Waals surface area contributed by atoms with Gasteiger partial charge in [-0.05, 0) is 31.5 Å². The van der Waals surface area contributed by atoms with Crippen LogP contribution < -0.4 is 5.32 Å². The maximum absolute atomic E-state index is 10.9. The molecule has 1 fully saturated rings. The highest BCUT2D eigenvalue weighted by atomic mass is 16.4. The molecule has 0 bridgehead atoms. The molecule has 1 saturated carbocycles. The molecule has 0 aliphatic heterocycles. The van der Waals surface area contributed by atoms with Crippen LogP contribution in [-0.4, -0.2) is 51.1 Å². The molecule has 1 aliphatic rings. The van der Waals surface area contributed by atoms with Gasteiger partial charge in [-0.3, -0.25) is 9.69 Å². The second-order valence-corrected chi connectivity index (χ2v) is 6.42. The van der Waals surface area contributed by atoms with Crippen molar-refractivity contribution >= 4 is 33.9 Å². The number of furan rings is 1. The maximum atomic E-state index is 10.9. The molecule has 130 valence electrons. The summed E-state index contributed by atoms with van der Waals surface area (Å²) in [5.74, 6) is -0.0797. The van der Waals surface area contributed by atoms with Crippen LogP contribution in [0.25, 0.3) is 22.1 Å². The van der Waals surface area contributed by atoms with E-state index in [0.717, 1.165) is 35.9 Å². The van der Waals surface area contributed by atoms with E-state index in [1.54, 1.807) is 6.33 Å². The Labute approximate surface area is 144 Å². The lowest BCUT2D eigenvalue weighted by atomic mass is 9.85. The Kier molecular flexibility index (Phi) is 4.01. The summed E-state index contributed by atoms with van der Waals surface area (Å²) in [7, 11) is 0. The van der Waals surface area contributed by atoms with E-state index in [4.69, 9.17) is 9.52 Å². The van der Waals surface area contributed by atoms with Gasteiger partial charge in [-0.15, -0.1) is 0 Å². The number of anilines is 1. The number of aromatic nitrogens is 2. The fourth-order valence-electron chi connectivity index (χ4n) is 3.50. The number of carbonyl (C=O) groups is 1. The highest BCUT2D eigenvalue weighted by molar-refractivity contribution is 6.05. The van der Waals surface area contributed by atoms with E-state index in [2.05, 4.69) is 15.3 Å². The van der Waals surface area contributed by atoms with Gasteiger partial charge in [0, 0.05) is 17.5 Å². The minimum absolute atomic E-state index is 0.0925. The Morgan fingerprint density at radius 1 is 1.36 bits per heavy atom. The molecule has 3 aromatic rings. The first kappa shape index (κ1) is 15.8. The van der Waals surface area contributed by atoms with Gasteiger partial charge in [0.25, 0.3) is 0 Å². The molecule has 0 spiro atoms. The minimum atomic E-state index is -0.780. The topological polar surface area (TPSA) is 91.5 Å². The number of para-hydroxylation sites is 1. The molecule has 0 unspecified atom stereocenters. The Morgan fingerprint density at radius 2 is 2.16 bits per heavy atom. The van der Waals surface area contributed by atoms with E-state index in [1.165, 1.54) is 0 Å². The van der Waals surface area contributed by atoms with E-state index in [1.807, 2.05) is 36.1 Å². The summed E-state index contributed by atoms with van der Waals surface area (Å²) in [5, 5.41) is 13.4. The van der Waals surface area contributed by atoms with E-state index < -0.39 is 5.97 Å². The van der Waals surface area contributed by atoms with Gasteiger partial charge in [-0.2, -0.15) is 0 Å². The number of nitrogens with one attached hydrogen (secondary N) is 1. The molecule has 4 rings (SSSR count). The number of carboxylic acid groups (broad SMARTS) is 1. The zero-order chi connectivity index (χ0) is 17.4. The summed E-state index contributed by atoms with van der Waals surface area (Å²) in [6.07, 6.45) is 3.34. The second-order valence-electron chi connectivity index (χ2n) is 6.42. The lowest BCUT2D eigenvalue weighted by Gasteiger charge is -2.42. The van der Waals surface area contributed by atoms with Crippen molar-refractivity contribution in [3.63, 3.8) is 0 Å². The summed E-state index contributed by atoms with van der Waals surface area (Å²) in [6.45, 7) is 2.83. The molecule has 0 amide bonds. The zero-order valence-corrected chi connectivity index (χ0v) is 14.0. The van der Waals surface area contributed by atoms with E-state index >= 15 is 0 Å². The average molecular weight is 340 g/mol. The third-order valence-corrected chi connectivity index (χ3v) is 4.87. The summed E-state index contributed by atoms with van der Waals surface area (Å²) in [6, 6.07) is 8.37. The van der Waals surface area contributed by atoms with Crippen molar-refractivity contribution in [2.75, 3.05) is 18.4 Å². The van der Waals surface area contributed by atoms with Crippen molar-refractivity contribution in [1.29, 1.82) is 0 Å². The first-order valence-electron chi connectivity index (χ1n) is 8.50. The molecule has 0 saturated heterocycles. The number of nitrogens with zero attached hydrogens (tertiary/aromatic N) is 3. The number of hydrogen-bond acceptors (Lipinski definition) is 6. The number of fused-ring (bicyclic) bond motifs is 3. The predicted molar refractivity (Wildman–Crippen MR) is 94.6 cm³/mol. The van der Waals surface area contributed by atoms with E-state index in [-0.39, 0.29) is 12.6 Å². The van der Waals surface area contributed by atoms with Crippen molar-refractivity contribution in [2.45, 2.75) is 31.8 Å². The zero-order valence-electron chi connectivity index (χ0n) is 14.0. The Bertz CT molecular complexity index is 917.